The molecule has 32 heavy (non-hydrogen) atoms. The van der Waals surface area contributed by atoms with Crippen molar-refractivity contribution >= 4 is 27.5 Å². The topological polar surface area (TPSA) is 135 Å². The van der Waals surface area contributed by atoms with Crippen molar-refractivity contribution in [3.8, 4) is 5.69 Å². The fourth-order valence-electron chi connectivity index (χ4n) is 2.75. The van der Waals surface area contributed by atoms with Crippen LogP contribution in [0.25, 0.3) is 5.69 Å². The number of aromatic nitrogens is 3. The third kappa shape index (κ3) is 6.22. The zero-order valence-corrected chi connectivity index (χ0v) is 18.7. The maximum Gasteiger partial charge on any atom is 0.251 e. The lowest BCUT2D eigenvalue weighted by Gasteiger charge is -2.20. The molecule has 2 amide bonds. The van der Waals surface area contributed by atoms with Crippen molar-refractivity contribution in [1.82, 2.24) is 24.8 Å². The van der Waals surface area contributed by atoms with Crippen LogP contribution in [0.3, 0.4) is 0 Å². The number of anilines is 1. The summed E-state index contributed by atoms with van der Waals surface area (Å²) in [6.07, 6.45) is 2.99. The summed E-state index contributed by atoms with van der Waals surface area (Å²) in [5.41, 5.74) is 0.967. The largest absolute Gasteiger partial charge is 0.343 e. The molecular formula is C21H24N6O4S. The van der Waals surface area contributed by atoms with Gasteiger partial charge in [-0.15, -0.1) is 0 Å². The molecule has 0 aliphatic rings. The molecule has 3 rings (SSSR count). The van der Waals surface area contributed by atoms with Gasteiger partial charge in [0.1, 0.15) is 12.7 Å². The maximum absolute atomic E-state index is 12.3. The van der Waals surface area contributed by atoms with E-state index in [-0.39, 0.29) is 17.0 Å². The maximum atomic E-state index is 12.3. The molecule has 0 atom stereocenters. The first kappa shape index (κ1) is 23.1. The highest BCUT2D eigenvalue weighted by molar-refractivity contribution is 7.89. The number of nitrogens with zero attached hydrogens (tertiary/aromatic N) is 3. The second-order valence-corrected chi connectivity index (χ2v) is 9.68. The highest BCUT2D eigenvalue weighted by atomic mass is 32.2. The van der Waals surface area contributed by atoms with Gasteiger partial charge in [-0.25, -0.2) is 22.8 Å². The van der Waals surface area contributed by atoms with Crippen LogP contribution in [0.2, 0.25) is 0 Å². The monoisotopic (exact) mass is 456 g/mol. The second kappa shape index (κ2) is 9.28. The van der Waals surface area contributed by atoms with E-state index in [4.69, 9.17) is 0 Å². The van der Waals surface area contributed by atoms with Crippen LogP contribution in [0.1, 0.15) is 31.1 Å². The van der Waals surface area contributed by atoms with Gasteiger partial charge in [0.05, 0.1) is 17.1 Å². The molecule has 3 N–H and O–H groups in total. The average Bonchev–Trinajstić information content (AvgIpc) is 3.26. The lowest BCUT2D eigenvalue weighted by atomic mass is 10.1. The lowest BCUT2D eigenvalue weighted by molar-refractivity contribution is -0.115. The second-order valence-electron chi connectivity index (χ2n) is 8.00. The van der Waals surface area contributed by atoms with Crippen LogP contribution >= 0.6 is 0 Å². The summed E-state index contributed by atoms with van der Waals surface area (Å²) in [6, 6.07) is 12.4. The number of hydrogen-bond donors (Lipinski definition) is 3. The number of hydrogen-bond acceptors (Lipinski definition) is 6. The molecule has 0 saturated carbocycles. The Morgan fingerprint density at radius 1 is 1.00 bits per heavy atom. The zero-order chi connectivity index (χ0) is 23.4. The van der Waals surface area contributed by atoms with E-state index >= 15 is 0 Å². The Morgan fingerprint density at radius 2 is 1.66 bits per heavy atom. The summed E-state index contributed by atoms with van der Waals surface area (Å²) < 4.78 is 28.8. The first-order valence-electron chi connectivity index (χ1n) is 9.71. The standard InChI is InChI=1S/C21H24N6O4S/c1-21(2,3)26-32(30,31)18-10-4-15(5-11-18)20(29)23-12-19(28)25-16-6-8-17(9-7-16)27-14-22-13-24-27/h4-11,13-14,26H,12H2,1-3H3,(H,23,29)(H,25,28). The molecule has 0 saturated heterocycles. The summed E-state index contributed by atoms with van der Waals surface area (Å²) in [7, 11) is -3.69. The van der Waals surface area contributed by atoms with Crippen molar-refractivity contribution in [2.24, 2.45) is 0 Å². The van der Waals surface area contributed by atoms with Gasteiger partial charge in [-0.05, 0) is 69.3 Å². The van der Waals surface area contributed by atoms with Crippen molar-refractivity contribution in [2.75, 3.05) is 11.9 Å². The molecule has 0 bridgehead atoms. The average molecular weight is 457 g/mol. The van der Waals surface area contributed by atoms with Crippen LogP contribution in [0.5, 0.6) is 0 Å². The molecule has 0 unspecified atom stereocenters. The van der Waals surface area contributed by atoms with Crippen LogP contribution in [-0.2, 0) is 14.8 Å². The molecule has 168 valence electrons. The molecule has 3 aromatic rings. The van der Waals surface area contributed by atoms with E-state index in [1.165, 1.54) is 30.6 Å². The predicted octanol–water partition coefficient (Wildman–Crippen LogP) is 1.71. The molecule has 0 aliphatic carbocycles. The Morgan fingerprint density at radius 3 is 2.22 bits per heavy atom. The number of amides is 2. The Hall–Kier alpha value is -3.57. The molecule has 0 fully saturated rings. The van der Waals surface area contributed by atoms with Crippen molar-refractivity contribution in [3.63, 3.8) is 0 Å². The molecule has 2 aromatic carbocycles. The summed E-state index contributed by atoms with van der Waals surface area (Å²) >= 11 is 0. The Kier molecular flexibility index (Phi) is 6.70. The number of rotatable bonds is 7. The number of carbonyl (C=O) groups excluding carboxylic acids is 2. The van der Waals surface area contributed by atoms with Gasteiger partial charge in [-0.2, -0.15) is 5.10 Å². The quantitative estimate of drug-likeness (QED) is 0.495. The van der Waals surface area contributed by atoms with Crippen LogP contribution in [0.4, 0.5) is 5.69 Å². The number of nitrogens with one attached hydrogen (secondary N) is 3. The third-order valence-corrected chi connectivity index (χ3v) is 5.89. The van der Waals surface area contributed by atoms with Crippen LogP contribution < -0.4 is 15.4 Å². The molecular weight excluding hydrogens is 432 g/mol. The van der Waals surface area contributed by atoms with Gasteiger partial charge >= 0.3 is 0 Å². The number of sulfonamides is 1. The molecule has 10 nitrogen and oxygen atoms in total. The lowest BCUT2D eigenvalue weighted by Crippen LogP contribution is -2.40. The molecule has 1 aromatic heterocycles. The Bertz CT molecular complexity index is 1180. The third-order valence-electron chi connectivity index (χ3n) is 4.11. The fourth-order valence-corrected chi connectivity index (χ4v) is 4.17. The molecule has 0 spiro atoms. The summed E-state index contributed by atoms with van der Waals surface area (Å²) in [5.74, 6) is -0.894. The van der Waals surface area contributed by atoms with Crippen LogP contribution in [0.15, 0.2) is 66.1 Å². The van der Waals surface area contributed by atoms with Crippen molar-refractivity contribution in [3.05, 3.63) is 66.7 Å². The van der Waals surface area contributed by atoms with E-state index in [2.05, 4.69) is 25.4 Å². The van der Waals surface area contributed by atoms with Gasteiger partial charge in [0, 0.05) is 16.8 Å². The zero-order valence-electron chi connectivity index (χ0n) is 17.9. The predicted molar refractivity (Wildman–Crippen MR) is 119 cm³/mol. The van der Waals surface area contributed by atoms with Gasteiger partial charge in [0.2, 0.25) is 15.9 Å². The van der Waals surface area contributed by atoms with Crippen molar-refractivity contribution < 1.29 is 18.0 Å². The van der Waals surface area contributed by atoms with E-state index in [0.29, 0.717) is 5.69 Å². The SMILES string of the molecule is CC(C)(C)NS(=O)(=O)c1ccc(C(=O)NCC(=O)Nc2ccc(-n3cncn3)cc2)cc1. The van der Waals surface area contributed by atoms with Gasteiger partial charge < -0.3 is 10.6 Å². The van der Waals surface area contributed by atoms with Gasteiger partial charge in [-0.3, -0.25) is 9.59 Å². The number of carbonyl (C=O) groups is 2. The summed E-state index contributed by atoms with van der Waals surface area (Å²) in [5, 5.41) is 9.22. The van der Waals surface area contributed by atoms with E-state index < -0.39 is 27.4 Å². The first-order valence-corrected chi connectivity index (χ1v) is 11.2. The summed E-state index contributed by atoms with van der Waals surface area (Å²) in [6.45, 7) is 4.98. The molecule has 11 heteroatoms. The van der Waals surface area contributed by atoms with E-state index in [0.717, 1.165) is 5.69 Å². The molecule has 0 aliphatic heterocycles. The van der Waals surface area contributed by atoms with Crippen LogP contribution in [0, 0.1) is 0 Å². The van der Waals surface area contributed by atoms with E-state index in [9.17, 15) is 18.0 Å². The Labute approximate surface area is 186 Å². The highest BCUT2D eigenvalue weighted by Gasteiger charge is 2.22. The molecule has 0 radical (unpaired) electrons. The minimum atomic E-state index is -3.69. The van der Waals surface area contributed by atoms with Gasteiger partial charge in [0.15, 0.2) is 0 Å². The fraction of sp³-hybridized carbons (Fsp3) is 0.238. The van der Waals surface area contributed by atoms with Gasteiger partial charge in [0.25, 0.3) is 5.91 Å². The minimum absolute atomic E-state index is 0.0519. The molecule has 1 heterocycles. The van der Waals surface area contributed by atoms with Crippen LogP contribution in [-0.4, -0.2) is 47.1 Å². The van der Waals surface area contributed by atoms with Gasteiger partial charge in [-0.1, -0.05) is 0 Å². The minimum Gasteiger partial charge on any atom is -0.343 e. The summed E-state index contributed by atoms with van der Waals surface area (Å²) in [4.78, 5) is 28.4. The van der Waals surface area contributed by atoms with E-state index in [1.807, 2.05) is 0 Å². The van der Waals surface area contributed by atoms with E-state index in [1.54, 1.807) is 56.0 Å². The Balaban J connectivity index is 1.53. The normalized spacial score (nSPS) is 11.7. The highest BCUT2D eigenvalue weighted by Crippen LogP contribution is 2.14. The smallest absolute Gasteiger partial charge is 0.251 e. The van der Waals surface area contributed by atoms with Crippen molar-refractivity contribution in [1.29, 1.82) is 0 Å². The first-order chi connectivity index (χ1) is 15.0. The van der Waals surface area contributed by atoms with Crippen molar-refractivity contribution in [2.45, 2.75) is 31.2 Å². The number of benzene rings is 2.